The van der Waals surface area contributed by atoms with Gasteiger partial charge in [0.2, 0.25) is 0 Å². The van der Waals surface area contributed by atoms with E-state index < -0.39 is 11.7 Å². The molecule has 38 heavy (non-hydrogen) atoms. The molecule has 4 aromatic rings. The predicted octanol–water partition coefficient (Wildman–Crippen LogP) is 8.66. The van der Waals surface area contributed by atoms with Crippen LogP contribution in [0.5, 0.6) is 0 Å². The Kier molecular flexibility index (Phi) is 8.95. The summed E-state index contributed by atoms with van der Waals surface area (Å²) in [5.74, 6) is 1.96. The third kappa shape index (κ3) is 7.71. The normalized spacial score (nSPS) is 13.1. The SMILES string of the molecule is Cc1nc(NCc2ccc(C(F)(F)F)cc2)cc(N[C@@H](C)[C@@H](Cc2ccc(Cl)cc2)c2cccc(Br)c2)n1. The Morgan fingerprint density at radius 3 is 2.21 bits per heavy atom. The summed E-state index contributed by atoms with van der Waals surface area (Å²) in [6, 6.07) is 23.1. The highest BCUT2D eigenvalue weighted by Crippen LogP contribution is 2.30. The molecular weight excluding hydrogens is 577 g/mol. The molecule has 0 aliphatic rings. The lowest BCUT2D eigenvalue weighted by molar-refractivity contribution is -0.137. The summed E-state index contributed by atoms with van der Waals surface area (Å²) < 4.78 is 39.5. The standard InChI is InChI=1S/C29H27BrClF3N4/c1-18(26(22-4-3-5-24(30)15-22)14-20-8-12-25(31)13-9-20)36-28-16-27(37-19(2)38-28)35-17-21-6-10-23(11-7-21)29(32,33)34/h3-13,15-16,18,26H,14,17H2,1-2H3,(H2,35,36,37,38)/t18-,26+/m0/s1. The summed E-state index contributed by atoms with van der Waals surface area (Å²) in [4.78, 5) is 9.01. The van der Waals surface area contributed by atoms with Crippen LogP contribution in [0.15, 0.2) is 83.3 Å². The monoisotopic (exact) mass is 602 g/mol. The number of benzene rings is 3. The van der Waals surface area contributed by atoms with Gasteiger partial charge in [0, 0.05) is 34.1 Å². The van der Waals surface area contributed by atoms with Crippen LogP contribution in [-0.2, 0) is 19.1 Å². The molecule has 0 fully saturated rings. The number of hydrogen-bond donors (Lipinski definition) is 2. The smallest absolute Gasteiger partial charge is 0.367 e. The lowest BCUT2D eigenvalue weighted by Crippen LogP contribution is -2.27. The molecule has 0 aliphatic carbocycles. The summed E-state index contributed by atoms with van der Waals surface area (Å²) >= 11 is 9.68. The van der Waals surface area contributed by atoms with Crippen LogP contribution in [0.25, 0.3) is 0 Å². The second-order valence-corrected chi connectivity index (χ2v) is 10.5. The summed E-state index contributed by atoms with van der Waals surface area (Å²) in [6.45, 7) is 4.26. The number of anilines is 2. The van der Waals surface area contributed by atoms with Gasteiger partial charge in [0.05, 0.1) is 5.56 Å². The minimum Gasteiger partial charge on any atom is -0.367 e. The van der Waals surface area contributed by atoms with Crippen LogP contribution in [0.4, 0.5) is 24.8 Å². The van der Waals surface area contributed by atoms with Crippen molar-refractivity contribution in [1.82, 2.24) is 9.97 Å². The molecular formula is C29H27BrClF3N4. The van der Waals surface area contributed by atoms with Crippen molar-refractivity contribution in [2.45, 2.75) is 44.9 Å². The van der Waals surface area contributed by atoms with E-state index in [1.54, 1.807) is 6.92 Å². The van der Waals surface area contributed by atoms with Crippen LogP contribution < -0.4 is 10.6 Å². The Balaban J connectivity index is 1.50. The molecule has 3 aromatic carbocycles. The highest BCUT2D eigenvalue weighted by atomic mass is 79.9. The lowest BCUT2D eigenvalue weighted by Gasteiger charge is -2.27. The van der Waals surface area contributed by atoms with E-state index in [1.165, 1.54) is 23.3 Å². The fourth-order valence-corrected chi connectivity index (χ4v) is 4.81. The van der Waals surface area contributed by atoms with Crippen LogP contribution >= 0.6 is 27.5 Å². The fourth-order valence-electron chi connectivity index (χ4n) is 4.27. The first-order valence-electron chi connectivity index (χ1n) is 12.1. The third-order valence-corrected chi connectivity index (χ3v) is 6.96. The molecule has 0 radical (unpaired) electrons. The van der Waals surface area contributed by atoms with E-state index >= 15 is 0 Å². The number of nitrogens with zero attached hydrogens (tertiary/aromatic N) is 2. The molecule has 0 aliphatic heterocycles. The average molecular weight is 604 g/mol. The largest absolute Gasteiger partial charge is 0.416 e. The van der Waals surface area contributed by atoms with Crippen LogP contribution in [0.3, 0.4) is 0 Å². The van der Waals surface area contributed by atoms with E-state index in [0.717, 1.165) is 28.6 Å². The molecule has 1 aromatic heterocycles. The minimum absolute atomic E-state index is 0.0111. The Hall–Kier alpha value is -3.10. The second-order valence-electron chi connectivity index (χ2n) is 9.16. The zero-order valence-electron chi connectivity index (χ0n) is 20.9. The van der Waals surface area contributed by atoms with E-state index in [0.29, 0.717) is 29.0 Å². The highest BCUT2D eigenvalue weighted by Gasteiger charge is 2.29. The highest BCUT2D eigenvalue weighted by molar-refractivity contribution is 9.10. The topological polar surface area (TPSA) is 49.8 Å². The summed E-state index contributed by atoms with van der Waals surface area (Å²) in [6.07, 6.45) is -3.56. The summed E-state index contributed by atoms with van der Waals surface area (Å²) in [5, 5.41) is 7.43. The lowest BCUT2D eigenvalue weighted by atomic mass is 9.86. The van der Waals surface area contributed by atoms with Crippen molar-refractivity contribution in [3.05, 3.63) is 116 Å². The third-order valence-electron chi connectivity index (χ3n) is 6.22. The summed E-state index contributed by atoms with van der Waals surface area (Å²) in [5.41, 5.74) is 2.40. The van der Waals surface area contributed by atoms with Crippen LogP contribution in [0.1, 0.15) is 40.9 Å². The van der Waals surface area contributed by atoms with Crippen LogP contribution in [0.2, 0.25) is 5.02 Å². The van der Waals surface area contributed by atoms with Gasteiger partial charge in [0.1, 0.15) is 17.5 Å². The molecule has 198 valence electrons. The maximum atomic E-state index is 12.8. The van der Waals surface area contributed by atoms with E-state index in [2.05, 4.69) is 55.6 Å². The Morgan fingerprint density at radius 2 is 1.55 bits per heavy atom. The number of aromatic nitrogens is 2. The van der Waals surface area contributed by atoms with Gasteiger partial charge >= 0.3 is 6.18 Å². The first-order chi connectivity index (χ1) is 18.1. The predicted molar refractivity (Wildman–Crippen MR) is 151 cm³/mol. The van der Waals surface area contributed by atoms with Crippen LogP contribution in [0, 0.1) is 6.92 Å². The zero-order valence-corrected chi connectivity index (χ0v) is 23.2. The van der Waals surface area contributed by atoms with E-state index in [1.807, 2.05) is 42.5 Å². The Morgan fingerprint density at radius 1 is 0.895 bits per heavy atom. The van der Waals surface area contributed by atoms with Gasteiger partial charge in [-0.1, -0.05) is 63.9 Å². The van der Waals surface area contributed by atoms with Gasteiger partial charge in [-0.15, -0.1) is 0 Å². The van der Waals surface area contributed by atoms with E-state index in [-0.39, 0.29) is 12.0 Å². The molecule has 4 nitrogen and oxygen atoms in total. The van der Waals surface area contributed by atoms with Gasteiger partial charge in [-0.05, 0) is 73.4 Å². The van der Waals surface area contributed by atoms with Gasteiger partial charge in [-0.3, -0.25) is 0 Å². The molecule has 1 heterocycles. The van der Waals surface area contributed by atoms with Crippen molar-refractivity contribution in [3.63, 3.8) is 0 Å². The number of rotatable bonds is 9. The Bertz CT molecular complexity index is 1360. The van der Waals surface area contributed by atoms with Crippen LogP contribution in [-0.4, -0.2) is 16.0 Å². The molecule has 2 atom stereocenters. The fraction of sp³-hybridized carbons (Fsp3) is 0.241. The molecule has 0 bridgehead atoms. The maximum Gasteiger partial charge on any atom is 0.416 e. The van der Waals surface area contributed by atoms with Gasteiger partial charge < -0.3 is 10.6 Å². The first-order valence-corrected chi connectivity index (χ1v) is 13.3. The molecule has 0 amide bonds. The average Bonchev–Trinajstić information content (AvgIpc) is 2.86. The van der Waals surface area contributed by atoms with Crippen molar-refractivity contribution in [1.29, 1.82) is 0 Å². The number of nitrogens with one attached hydrogen (secondary N) is 2. The van der Waals surface area contributed by atoms with Crippen molar-refractivity contribution in [2.24, 2.45) is 0 Å². The van der Waals surface area contributed by atoms with Crippen molar-refractivity contribution in [2.75, 3.05) is 10.6 Å². The number of aryl methyl sites for hydroxylation is 1. The first kappa shape index (κ1) is 27.9. The van der Waals surface area contributed by atoms with Gasteiger partial charge in [-0.25, -0.2) is 9.97 Å². The minimum atomic E-state index is -4.35. The quantitative estimate of drug-likeness (QED) is 0.201. The molecule has 0 spiro atoms. The van der Waals surface area contributed by atoms with Gasteiger partial charge in [-0.2, -0.15) is 13.2 Å². The Labute approximate surface area is 233 Å². The van der Waals surface area contributed by atoms with E-state index in [9.17, 15) is 13.2 Å². The maximum absolute atomic E-state index is 12.8. The van der Waals surface area contributed by atoms with Gasteiger partial charge in [0.25, 0.3) is 0 Å². The number of halogens is 5. The number of hydrogen-bond acceptors (Lipinski definition) is 4. The second kappa shape index (κ2) is 12.2. The van der Waals surface area contributed by atoms with Crippen molar-refractivity contribution in [3.8, 4) is 0 Å². The summed E-state index contributed by atoms with van der Waals surface area (Å²) in [7, 11) is 0. The van der Waals surface area contributed by atoms with E-state index in [4.69, 9.17) is 11.6 Å². The molecule has 9 heteroatoms. The number of alkyl halides is 3. The molecule has 2 N–H and O–H groups in total. The molecule has 0 saturated carbocycles. The molecule has 0 saturated heterocycles. The molecule has 4 rings (SSSR count). The molecule has 0 unspecified atom stereocenters. The van der Waals surface area contributed by atoms with Crippen molar-refractivity contribution < 1.29 is 13.2 Å². The van der Waals surface area contributed by atoms with Crippen molar-refractivity contribution >= 4 is 39.2 Å². The zero-order chi connectivity index (χ0) is 27.3. The van der Waals surface area contributed by atoms with Gasteiger partial charge in [0.15, 0.2) is 0 Å².